The van der Waals surface area contributed by atoms with E-state index in [4.69, 9.17) is 16.3 Å². The zero-order valence-electron chi connectivity index (χ0n) is 16.3. The first-order valence-electron chi connectivity index (χ1n) is 10.5. The number of ether oxygens (including phenoxy) is 1. The largest absolute Gasteiger partial charge is 0.460 e. The Hall–Kier alpha value is -0.360. The topological polar surface area (TPSA) is 87.0 Å². The van der Waals surface area contributed by atoms with Gasteiger partial charge in [0.2, 0.25) is 0 Å². The second kappa shape index (κ2) is 6.86. The van der Waals surface area contributed by atoms with E-state index in [-0.39, 0.29) is 41.3 Å². The average molecular weight is 401 g/mol. The van der Waals surface area contributed by atoms with Gasteiger partial charge in [0.15, 0.2) is 0 Å². The molecule has 4 saturated carbocycles. The normalized spacial score (nSPS) is 54.6. The first kappa shape index (κ1) is 19.9. The molecule has 0 saturated heterocycles. The Bertz CT molecular complexity index is 599. The van der Waals surface area contributed by atoms with Crippen molar-refractivity contribution in [2.45, 2.75) is 82.5 Å². The van der Waals surface area contributed by atoms with Crippen LogP contribution in [-0.4, -0.2) is 51.6 Å². The SMILES string of the molecule is CC(=O)O[C@H]1[C@H](Cl)CC2C3C(O)CC4C[C@@H](O)CC[C@]4(C)C3CC[C@@]21CO. The molecule has 0 aromatic carbocycles. The molecule has 5 nitrogen and oxygen atoms in total. The summed E-state index contributed by atoms with van der Waals surface area (Å²) in [6.45, 7) is 3.67. The summed E-state index contributed by atoms with van der Waals surface area (Å²) in [6.07, 6.45) is 4.46. The summed E-state index contributed by atoms with van der Waals surface area (Å²) in [7, 11) is 0. The van der Waals surface area contributed by atoms with Gasteiger partial charge in [-0.2, -0.15) is 0 Å². The molecule has 154 valence electrons. The molecule has 6 heteroatoms. The van der Waals surface area contributed by atoms with Gasteiger partial charge in [0.05, 0.1) is 24.2 Å². The van der Waals surface area contributed by atoms with Gasteiger partial charge in [0, 0.05) is 12.3 Å². The summed E-state index contributed by atoms with van der Waals surface area (Å²) in [6, 6.07) is 0. The molecule has 4 aliphatic rings. The molecule has 0 bridgehead atoms. The number of alkyl halides is 1. The van der Waals surface area contributed by atoms with Crippen LogP contribution in [-0.2, 0) is 9.53 Å². The predicted molar refractivity (Wildman–Crippen MR) is 101 cm³/mol. The van der Waals surface area contributed by atoms with Gasteiger partial charge in [-0.15, -0.1) is 11.6 Å². The number of carbonyl (C=O) groups is 1. The fourth-order valence-electron chi connectivity index (χ4n) is 7.60. The highest BCUT2D eigenvalue weighted by Gasteiger charge is 2.66. The molecule has 0 aromatic heterocycles. The molecule has 0 aliphatic heterocycles. The van der Waals surface area contributed by atoms with E-state index in [1.165, 1.54) is 6.92 Å². The van der Waals surface area contributed by atoms with E-state index in [1.54, 1.807) is 0 Å². The maximum atomic E-state index is 11.7. The van der Waals surface area contributed by atoms with Gasteiger partial charge in [0.1, 0.15) is 6.10 Å². The van der Waals surface area contributed by atoms with E-state index < -0.39 is 17.6 Å². The van der Waals surface area contributed by atoms with Gasteiger partial charge in [-0.3, -0.25) is 4.79 Å². The molecule has 0 heterocycles. The number of hydrogen-bond acceptors (Lipinski definition) is 5. The highest BCUT2D eigenvalue weighted by Crippen LogP contribution is 2.67. The van der Waals surface area contributed by atoms with Crippen LogP contribution in [0.4, 0.5) is 0 Å². The number of esters is 1. The van der Waals surface area contributed by atoms with E-state index in [0.29, 0.717) is 24.7 Å². The Balaban J connectivity index is 1.68. The summed E-state index contributed by atoms with van der Waals surface area (Å²) in [4.78, 5) is 11.7. The molecule has 4 aliphatic carbocycles. The third kappa shape index (κ3) is 2.87. The van der Waals surface area contributed by atoms with Crippen molar-refractivity contribution in [1.82, 2.24) is 0 Å². The molecule has 4 rings (SSSR count). The monoisotopic (exact) mass is 400 g/mol. The van der Waals surface area contributed by atoms with Gasteiger partial charge >= 0.3 is 5.97 Å². The number of aliphatic hydroxyl groups is 3. The smallest absolute Gasteiger partial charge is 0.302 e. The third-order valence-corrected chi connectivity index (χ3v) is 9.28. The maximum Gasteiger partial charge on any atom is 0.302 e. The summed E-state index contributed by atoms with van der Waals surface area (Å²) in [5.41, 5.74) is -0.427. The fraction of sp³-hybridized carbons (Fsp3) is 0.952. The Morgan fingerprint density at radius 1 is 1.15 bits per heavy atom. The van der Waals surface area contributed by atoms with Gasteiger partial charge < -0.3 is 20.1 Å². The van der Waals surface area contributed by atoms with Crippen LogP contribution >= 0.6 is 11.6 Å². The number of halogens is 1. The van der Waals surface area contributed by atoms with Gasteiger partial charge in [-0.25, -0.2) is 0 Å². The second-order valence-electron chi connectivity index (χ2n) is 9.94. The predicted octanol–water partition coefficient (Wildman–Crippen LogP) is 2.48. The summed E-state index contributed by atoms with van der Waals surface area (Å²) in [5, 5.41) is 31.4. The van der Waals surface area contributed by atoms with Crippen LogP contribution in [0, 0.1) is 34.5 Å². The molecule has 0 radical (unpaired) electrons. The van der Waals surface area contributed by atoms with E-state index in [0.717, 1.165) is 32.1 Å². The molecule has 0 spiro atoms. The van der Waals surface area contributed by atoms with Crippen molar-refractivity contribution in [3.8, 4) is 0 Å². The highest BCUT2D eigenvalue weighted by atomic mass is 35.5. The number of carbonyl (C=O) groups excluding carboxylic acids is 1. The lowest BCUT2D eigenvalue weighted by atomic mass is 9.44. The van der Waals surface area contributed by atoms with Crippen molar-refractivity contribution in [1.29, 1.82) is 0 Å². The summed E-state index contributed by atoms with van der Waals surface area (Å²) >= 11 is 6.63. The van der Waals surface area contributed by atoms with E-state index in [1.807, 2.05) is 0 Å². The van der Waals surface area contributed by atoms with Crippen LogP contribution in [0.2, 0.25) is 0 Å². The zero-order chi connectivity index (χ0) is 19.6. The van der Waals surface area contributed by atoms with Crippen LogP contribution in [0.1, 0.15) is 58.8 Å². The summed E-state index contributed by atoms with van der Waals surface area (Å²) < 4.78 is 5.60. The number of rotatable bonds is 2. The third-order valence-electron chi connectivity index (χ3n) is 8.87. The van der Waals surface area contributed by atoms with Crippen molar-refractivity contribution >= 4 is 17.6 Å². The van der Waals surface area contributed by atoms with Crippen LogP contribution in [0.15, 0.2) is 0 Å². The van der Waals surface area contributed by atoms with Crippen molar-refractivity contribution in [2.24, 2.45) is 34.5 Å². The Morgan fingerprint density at radius 2 is 1.89 bits per heavy atom. The molecule has 4 fully saturated rings. The average Bonchev–Trinajstić information content (AvgIpc) is 2.88. The van der Waals surface area contributed by atoms with Gasteiger partial charge in [-0.1, -0.05) is 6.92 Å². The maximum absolute atomic E-state index is 11.7. The standard InChI is InChI=1S/C21H33ClO5/c1-11(24)27-19-16(22)9-15-18-14(4-6-21(15,19)10-23)20(2)5-3-13(25)7-12(20)8-17(18)26/h12-19,23,25-26H,3-10H2,1-2H3/t12?,13-,14?,15?,16+,17?,18?,19-,20-,21+/m0/s1. The quantitative estimate of drug-likeness (QED) is 0.489. The lowest BCUT2D eigenvalue weighted by Gasteiger charge is -2.62. The molecule has 3 N–H and O–H groups in total. The van der Waals surface area contributed by atoms with Crippen molar-refractivity contribution < 1.29 is 24.9 Å². The molecular weight excluding hydrogens is 368 g/mol. The minimum Gasteiger partial charge on any atom is -0.460 e. The second-order valence-corrected chi connectivity index (χ2v) is 10.5. The molecule has 10 atom stereocenters. The van der Waals surface area contributed by atoms with E-state index in [9.17, 15) is 20.1 Å². The zero-order valence-corrected chi connectivity index (χ0v) is 17.1. The van der Waals surface area contributed by atoms with Crippen molar-refractivity contribution in [2.75, 3.05) is 6.61 Å². The first-order valence-corrected chi connectivity index (χ1v) is 10.9. The molecule has 0 aromatic rings. The van der Waals surface area contributed by atoms with Gasteiger partial charge in [-0.05, 0) is 74.0 Å². The lowest BCUT2D eigenvalue weighted by molar-refractivity contribution is -0.194. The molecule has 5 unspecified atom stereocenters. The molecule has 27 heavy (non-hydrogen) atoms. The molecule has 0 amide bonds. The molecular formula is C21H33ClO5. The Labute approximate surface area is 166 Å². The van der Waals surface area contributed by atoms with Crippen LogP contribution < -0.4 is 0 Å². The number of aliphatic hydroxyl groups excluding tert-OH is 3. The van der Waals surface area contributed by atoms with Crippen LogP contribution in [0.5, 0.6) is 0 Å². The Morgan fingerprint density at radius 3 is 2.56 bits per heavy atom. The Kier molecular flexibility index (Phi) is 5.06. The van der Waals surface area contributed by atoms with Gasteiger partial charge in [0.25, 0.3) is 0 Å². The van der Waals surface area contributed by atoms with Crippen LogP contribution in [0.25, 0.3) is 0 Å². The number of hydrogen-bond donors (Lipinski definition) is 3. The number of fused-ring (bicyclic) bond motifs is 5. The van der Waals surface area contributed by atoms with E-state index in [2.05, 4.69) is 6.92 Å². The van der Waals surface area contributed by atoms with E-state index >= 15 is 0 Å². The minimum absolute atomic E-state index is 0.0619. The fourth-order valence-corrected chi connectivity index (χ4v) is 8.09. The highest BCUT2D eigenvalue weighted by molar-refractivity contribution is 6.21. The first-order chi connectivity index (χ1) is 12.7. The van der Waals surface area contributed by atoms with Crippen molar-refractivity contribution in [3.63, 3.8) is 0 Å². The van der Waals surface area contributed by atoms with Crippen LogP contribution in [0.3, 0.4) is 0 Å². The lowest BCUT2D eigenvalue weighted by Crippen LogP contribution is -2.60. The summed E-state index contributed by atoms with van der Waals surface area (Å²) in [5.74, 6) is 0.482. The minimum atomic E-state index is -0.544. The van der Waals surface area contributed by atoms with Crippen molar-refractivity contribution in [3.05, 3.63) is 0 Å².